The van der Waals surface area contributed by atoms with Crippen molar-refractivity contribution in [1.29, 1.82) is 0 Å². The van der Waals surface area contributed by atoms with Crippen LogP contribution in [0.15, 0.2) is 73.1 Å². The van der Waals surface area contributed by atoms with Crippen molar-refractivity contribution < 1.29 is 9.47 Å². The van der Waals surface area contributed by atoms with E-state index in [1.54, 1.807) is 14.2 Å². The monoisotopic (exact) mass is 396 g/mol. The van der Waals surface area contributed by atoms with Crippen LogP contribution in [0, 0.1) is 13.8 Å². The molecule has 0 spiro atoms. The number of aryl methyl sites for hydroxylation is 2. The van der Waals surface area contributed by atoms with Crippen LogP contribution in [0.5, 0.6) is 11.5 Å². The average Bonchev–Trinajstić information content (AvgIpc) is 2.79. The van der Waals surface area contributed by atoms with Crippen molar-refractivity contribution in [2.45, 2.75) is 13.8 Å². The molecule has 0 radical (unpaired) electrons. The number of rotatable bonds is 5. The van der Waals surface area contributed by atoms with E-state index in [2.05, 4.69) is 48.1 Å². The maximum Gasteiger partial charge on any atom is 0.119 e. The Morgan fingerprint density at radius 3 is 1.37 bits per heavy atom. The lowest BCUT2D eigenvalue weighted by atomic mass is 9.90. The van der Waals surface area contributed by atoms with Crippen molar-refractivity contribution in [2.24, 2.45) is 0 Å². The second-order valence-corrected chi connectivity index (χ2v) is 7.16. The molecule has 0 aliphatic rings. The fraction of sp³-hybridized carbons (Fsp3) is 0.154. The Hall–Kier alpha value is -3.66. The first-order chi connectivity index (χ1) is 14.6. The largest absolute Gasteiger partial charge is 0.497 e. The lowest BCUT2D eigenvalue weighted by molar-refractivity contribution is 0.414. The van der Waals surface area contributed by atoms with Crippen LogP contribution in [0.1, 0.15) is 11.1 Å². The first-order valence-corrected chi connectivity index (χ1v) is 9.83. The highest BCUT2D eigenvalue weighted by Crippen LogP contribution is 2.41. The van der Waals surface area contributed by atoms with Crippen LogP contribution in [0.25, 0.3) is 33.6 Å². The second-order valence-electron chi connectivity index (χ2n) is 7.16. The third-order valence-electron chi connectivity index (χ3n) is 5.27. The summed E-state index contributed by atoms with van der Waals surface area (Å²) >= 11 is 0. The fourth-order valence-electron chi connectivity index (χ4n) is 3.70. The first-order valence-electron chi connectivity index (χ1n) is 9.83. The summed E-state index contributed by atoms with van der Waals surface area (Å²) in [4.78, 5) is 9.34. The van der Waals surface area contributed by atoms with Gasteiger partial charge >= 0.3 is 0 Å². The molecule has 0 aliphatic carbocycles. The topological polar surface area (TPSA) is 44.2 Å². The van der Waals surface area contributed by atoms with Gasteiger partial charge in [-0.3, -0.25) is 9.97 Å². The van der Waals surface area contributed by atoms with E-state index in [1.165, 1.54) is 0 Å². The minimum absolute atomic E-state index is 0.794. The van der Waals surface area contributed by atoms with Crippen LogP contribution in [0.3, 0.4) is 0 Å². The number of benzene rings is 2. The highest BCUT2D eigenvalue weighted by Gasteiger charge is 2.18. The van der Waals surface area contributed by atoms with E-state index in [-0.39, 0.29) is 0 Å². The van der Waals surface area contributed by atoms with E-state index < -0.39 is 0 Å². The minimum atomic E-state index is 0.794. The van der Waals surface area contributed by atoms with Gasteiger partial charge in [-0.25, -0.2) is 0 Å². The average molecular weight is 396 g/mol. The Bertz CT molecular complexity index is 1110. The number of methoxy groups -OCH3 is 2. The number of hydrogen-bond donors (Lipinski definition) is 0. The number of hydrogen-bond acceptors (Lipinski definition) is 4. The molecule has 0 saturated carbocycles. The summed E-state index contributed by atoms with van der Waals surface area (Å²) in [5.74, 6) is 1.59. The predicted octanol–water partition coefficient (Wildman–Crippen LogP) is 6.11. The summed E-state index contributed by atoms with van der Waals surface area (Å²) in [6.07, 6.45) is 3.65. The molecule has 0 unspecified atom stereocenters. The first kappa shape index (κ1) is 19.6. The van der Waals surface area contributed by atoms with Gasteiger partial charge in [-0.2, -0.15) is 0 Å². The molecule has 2 aromatic carbocycles. The molecule has 30 heavy (non-hydrogen) atoms. The quantitative estimate of drug-likeness (QED) is 0.408. The van der Waals surface area contributed by atoms with Crippen LogP contribution in [0.2, 0.25) is 0 Å². The maximum absolute atomic E-state index is 5.52. The van der Waals surface area contributed by atoms with Crippen molar-refractivity contribution in [3.63, 3.8) is 0 Å². The molecule has 150 valence electrons. The van der Waals surface area contributed by atoms with Gasteiger partial charge in [0.15, 0.2) is 0 Å². The molecular formula is C26H24N2O2. The maximum atomic E-state index is 5.52. The third kappa shape index (κ3) is 3.64. The Morgan fingerprint density at radius 2 is 1.00 bits per heavy atom. The molecule has 4 aromatic rings. The molecule has 2 heterocycles. The Labute approximate surface area is 177 Å². The molecule has 0 saturated heterocycles. The molecule has 0 amide bonds. The van der Waals surface area contributed by atoms with Crippen LogP contribution < -0.4 is 9.47 Å². The molecule has 0 bridgehead atoms. The molecule has 0 N–H and O–H groups in total. The van der Waals surface area contributed by atoms with E-state index in [0.29, 0.717) is 0 Å². The molecule has 4 rings (SSSR count). The van der Waals surface area contributed by atoms with Gasteiger partial charge in [0.25, 0.3) is 0 Å². The summed E-state index contributed by atoms with van der Waals surface area (Å²) in [6, 6.07) is 20.3. The van der Waals surface area contributed by atoms with Gasteiger partial charge < -0.3 is 9.47 Å². The summed E-state index contributed by atoms with van der Waals surface area (Å²) < 4.78 is 11.0. The molecule has 0 aliphatic heterocycles. The second kappa shape index (κ2) is 8.37. The molecule has 4 nitrogen and oxygen atoms in total. The van der Waals surface area contributed by atoms with Crippen LogP contribution >= 0.6 is 0 Å². The normalized spacial score (nSPS) is 10.7. The standard InChI is InChI=1S/C26H24N2O2/c1-17-7-5-13-27-25(17)23-15-19(29-3)9-11-21(23)22-12-10-20(30-4)16-24(22)26-18(2)8-6-14-28-26/h5-16H,1-4H3. The van der Waals surface area contributed by atoms with Crippen LogP contribution in [0.4, 0.5) is 0 Å². The number of pyridine rings is 2. The molecular weight excluding hydrogens is 372 g/mol. The summed E-state index contributed by atoms with van der Waals surface area (Å²) in [5, 5.41) is 0. The van der Waals surface area contributed by atoms with Gasteiger partial charge in [-0.1, -0.05) is 12.1 Å². The minimum Gasteiger partial charge on any atom is -0.497 e. The highest BCUT2D eigenvalue weighted by molar-refractivity contribution is 5.92. The number of ether oxygens (including phenoxy) is 2. The van der Waals surface area contributed by atoms with Gasteiger partial charge in [-0.15, -0.1) is 0 Å². The Morgan fingerprint density at radius 1 is 0.567 bits per heavy atom. The van der Waals surface area contributed by atoms with Crippen molar-refractivity contribution in [2.75, 3.05) is 14.2 Å². The van der Waals surface area contributed by atoms with Gasteiger partial charge in [0.05, 0.1) is 25.6 Å². The molecule has 0 fully saturated rings. The summed E-state index contributed by atoms with van der Waals surface area (Å²) in [7, 11) is 3.36. The lowest BCUT2D eigenvalue weighted by Gasteiger charge is -2.17. The fourth-order valence-corrected chi connectivity index (χ4v) is 3.70. The van der Waals surface area contributed by atoms with Crippen molar-refractivity contribution in [3.8, 4) is 45.1 Å². The molecule has 4 heteroatoms. The van der Waals surface area contributed by atoms with E-state index >= 15 is 0 Å². The number of aromatic nitrogens is 2. The zero-order valence-corrected chi connectivity index (χ0v) is 17.6. The SMILES string of the molecule is COc1ccc(-c2ccc(OC)cc2-c2ncccc2C)c(-c2ncccc2C)c1. The highest BCUT2D eigenvalue weighted by atomic mass is 16.5. The van der Waals surface area contributed by atoms with E-state index in [4.69, 9.17) is 9.47 Å². The Kier molecular flexibility index (Phi) is 5.48. The summed E-state index contributed by atoms with van der Waals surface area (Å²) in [6.45, 7) is 4.15. The Balaban J connectivity index is 2.02. The van der Waals surface area contributed by atoms with Crippen molar-refractivity contribution >= 4 is 0 Å². The summed E-state index contributed by atoms with van der Waals surface area (Å²) in [5.41, 5.74) is 8.27. The van der Waals surface area contributed by atoms with Crippen molar-refractivity contribution in [1.82, 2.24) is 9.97 Å². The third-order valence-corrected chi connectivity index (χ3v) is 5.27. The van der Waals surface area contributed by atoms with E-state index in [1.807, 2.05) is 48.8 Å². The van der Waals surface area contributed by atoms with Gasteiger partial charge in [0.2, 0.25) is 0 Å². The van der Waals surface area contributed by atoms with E-state index in [0.717, 1.165) is 56.3 Å². The zero-order valence-electron chi connectivity index (χ0n) is 17.6. The smallest absolute Gasteiger partial charge is 0.119 e. The number of nitrogens with zero attached hydrogens (tertiary/aromatic N) is 2. The molecule has 0 atom stereocenters. The van der Waals surface area contributed by atoms with Crippen molar-refractivity contribution in [3.05, 3.63) is 84.2 Å². The lowest BCUT2D eigenvalue weighted by Crippen LogP contribution is -1.96. The van der Waals surface area contributed by atoms with Crippen LogP contribution in [-0.2, 0) is 0 Å². The molecule has 2 aromatic heterocycles. The van der Waals surface area contributed by atoms with Gasteiger partial charge in [-0.05, 0) is 84.6 Å². The van der Waals surface area contributed by atoms with Gasteiger partial charge in [0, 0.05) is 23.5 Å². The predicted molar refractivity (Wildman–Crippen MR) is 121 cm³/mol. The zero-order chi connectivity index (χ0) is 21.1. The van der Waals surface area contributed by atoms with E-state index in [9.17, 15) is 0 Å². The van der Waals surface area contributed by atoms with Gasteiger partial charge in [0.1, 0.15) is 11.5 Å². The van der Waals surface area contributed by atoms with Crippen LogP contribution in [-0.4, -0.2) is 24.2 Å².